The first-order chi connectivity index (χ1) is 9.35. The van der Waals surface area contributed by atoms with Gasteiger partial charge in [0.25, 0.3) is 0 Å². The van der Waals surface area contributed by atoms with Crippen LogP contribution in [0, 0.1) is 22.7 Å². The SMILES string of the molecule is CC.N#CC(C#N)c1ccc(-c2ccccc2)cc1. The molecule has 0 aliphatic heterocycles. The van der Waals surface area contributed by atoms with Crippen molar-refractivity contribution in [3.05, 3.63) is 60.2 Å². The van der Waals surface area contributed by atoms with Gasteiger partial charge in [0.1, 0.15) is 0 Å². The summed E-state index contributed by atoms with van der Waals surface area (Å²) in [4.78, 5) is 0. The molecule has 0 bridgehead atoms. The summed E-state index contributed by atoms with van der Waals surface area (Å²) in [7, 11) is 0. The highest BCUT2D eigenvalue weighted by atomic mass is 14.3. The summed E-state index contributed by atoms with van der Waals surface area (Å²) in [6.07, 6.45) is 0. The molecule has 0 fully saturated rings. The summed E-state index contributed by atoms with van der Waals surface area (Å²) < 4.78 is 0. The van der Waals surface area contributed by atoms with Gasteiger partial charge in [0.2, 0.25) is 0 Å². The van der Waals surface area contributed by atoms with E-state index in [0.717, 1.165) is 16.7 Å². The van der Waals surface area contributed by atoms with Crippen LogP contribution in [0.25, 0.3) is 11.1 Å². The van der Waals surface area contributed by atoms with E-state index in [2.05, 4.69) is 0 Å². The van der Waals surface area contributed by atoms with Crippen LogP contribution in [0.4, 0.5) is 0 Å². The highest BCUT2D eigenvalue weighted by Crippen LogP contribution is 2.22. The van der Waals surface area contributed by atoms with Gasteiger partial charge >= 0.3 is 0 Å². The van der Waals surface area contributed by atoms with E-state index in [1.165, 1.54) is 0 Å². The van der Waals surface area contributed by atoms with E-state index in [4.69, 9.17) is 10.5 Å². The molecular weight excluding hydrogens is 232 g/mol. The minimum Gasteiger partial charge on any atom is -0.196 e. The minimum absolute atomic E-state index is 0.681. The van der Waals surface area contributed by atoms with Crippen molar-refractivity contribution in [3.8, 4) is 23.3 Å². The second-order valence-corrected chi connectivity index (χ2v) is 3.68. The average Bonchev–Trinajstić information content (AvgIpc) is 2.52. The van der Waals surface area contributed by atoms with Gasteiger partial charge in [-0.3, -0.25) is 0 Å². The van der Waals surface area contributed by atoms with E-state index < -0.39 is 5.92 Å². The van der Waals surface area contributed by atoms with Crippen molar-refractivity contribution in [1.82, 2.24) is 0 Å². The Morgan fingerprint density at radius 1 is 0.737 bits per heavy atom. The van der Waals surface area contributed by atoms with E-state index >= 15 is 0 Å². The maximum Gasteiger partial charge on any atom is 0.158 e. The molecule has 0 unspecified atom stereocenters. The molecule has 19 heavy (non-hydrogen) atoms. The summed E-state index contributed by atoms with van der Waals surface area (Å²) in [6, 6.07) is 21.5. The van der Waals surface area contributed by atoms with Crippen molar-refractivity contribution in [2.45, 2.75) is 19.8 Å². The average molecular weight is 248 g/mol. The minimum atomic E-state index is -0.681. The first-order valence-corrected chi connectivity index (χ1v) is 6.30. The fourth-order valence-corrected chi connectivity index (χ4v) is 1.68. The summed E-state index contributed by atoms with van der Waals surface area (Å²) in [5.74, 6) is -0.681. The molecule has 0 aromatic heterocycles. The number of hydrogen-bond acceptors (Lipinski definition) is 2. The Labute approximate surface area is 114 Å². The Balaban J connectivity index is 0.000000861. The molecular formula is C17H16N2. The van der Waals surface area contributed by atoms with Gasteiger partial charge in [0.15, 0.2) is 5.92 Å². The number of nitrogens with zero attached hydrogens (tertiary/aromatic N) is 2. The van der Waals surface area contributed by atoms with E-state index in [1.807, 2.05) is 80.6 Å². The second-order valence-electron chi connectivity index (χ2n) is 3.68. The van der Waals surface area contributed by atoms with Crippen LogP contribution in [0.2, 0.25) is 0 Å². The lowest BCUT2D eigenvalue weighted by atomic mass is 9.98. The lowest BCUT2D eigenvalue weighted by Crippen LogP contribution is -1.91. The third-order valence-corrected chi connectivity index (χ3v) is 2.61. The first-order valence-electron chi connectivity index (χ1n) is 6.30. The van der Waals surface area contributed by atoms with Crippen molar-refractivity contribution in [1.29, 1.82) is 10.5 Å². The molecule has 0 spiro atoms. The molecule has 0 aliphatic rings. The summed E-state index contributed by atoms with van der Waals surface area (Å²) in [5, 5.41) is 17.6. The maximum atomic E-state index is 8.79. The van der Waals surface area contributed by atoms with Gasteiger partial charge in [0, 0.05) is 0 Å². The Hall–Kier alpha value is -2.58. The molecule has 2 nitrogen and oxygen atoms in total. The predicted molar refractivity (Wildman–Crippen MR) is 77.2 cm³/mol. The molecule has 2 rings (SSSR count). The van der Waals surface area contributed by atoms with Gasteiger partial charge in [0.05, 0.1) is 12.1 Å². The van der Waals surface area contributed by atoms with Crippen LogP contribution in [0.1, 0.15) is 25.3 Å². The van der Waals surface area contributed by atoms with Gasteiger partial charge < -0.3 is 0 Å². The summed E-state index contributed by atoms with van der Waals surface area (Å²) in [5.41, 5.74) is 2.96. The zero-order valence-corrected chi connectivity index (χ0v) is 11.2. The van der Waals surface area contributed by atoms with Crippen molar-refractivity contribution >= 4 is 0 Å². The number of nitriles is 2. The lowest BCUT2D eigenvalue weighted by molar-refractivity contribution is 1.10. The molecule has 0 atom stereocenters. The first kappa shape index (κ1) is 14.5. The quantitative estimate of drug-likeness (QED) is 0.785. The summed E-state index contributed by atoms with van der Waals surface area (Å²) >= 11 is 0. The number of rotatable bonds is 2. The molecule has 0 N–H and O–H groups in total. The van der Waals surface area contributed by atoms with E-state index in [0.29, 0.717) is 0 Å². The monoisotopic (exact) mass is 248 g/mol. The molecule has 2 heteroatoms. The maximum absolute atomic E-state index is 8.79. The number of benzene rings is 2. The Kier molecular flexibility index (Phi) is 5.86. The summed E-state index contributed by atoms with van der Waals surface area (Å²) in [6.45, 7) is 4.00. The Bertz CT molecular complexity index is 557. The van der Waals surface area contributed by atoms with Crippen LogP contribution < -0.4 is 0 Å². The van der Waals surface area contributed by atoms with Crippen molar-refractivity contribution < 1.29 is 0 Å². The molecule has 0 amide bonds. The zero-order valence-electron chi connectivity index (χ0n) is 11.2. The largest absolute Gasteiger partial charge is 0.196 e. The van der Waals surface area contributed by atoms with Crippen LogP contribution in [-0.4, -0.2) is 0 Å². The van der Waals surface area contributed by atoms with E-state index in [-0.39, 0.29) is 0 Å². The van der Waals surface area contributed by atoms with Gasteiger partial charge in [-0.25, -0.2) is 0 Å². The fourth-order valence-electron chi connectivity index (χ4n) is 1.68. The number of hydrogen-bond donors (Lipinski definition) is 0. The second kappa shape index (κ2) is 7.69. The smallest absolute Gasteiger partial charge is 0.158 e. The zero-order chi connectivity index (χ0) is 14.1. The van der Waals surface area contributed by atoms with Crippen molar-refractivity contribution in [3.63, 3.8) is 0 Å². The lowest BCUT2D eigenvalue weighted by Gasteiger charge is -2.04. The van der Waals surface area contributed by atoms with E-state index in [9.17, 15) is 0 Å². The molecule has 0 saturated carbocycles. The molecule has 2 aromatic rings. The van der Waals surface area contributed by atoms with E-state index in [1.54, 1.807) is 0 Å². The van der Waals surface area contributed by atoms with Gasteiger partial charge in [-0.15, -0.1) is 0 Å². The van der Waals surface area contributed by atoms with Crippen LogP contribution in [-0.2, 0) is 0 Å². The van der Waals surface area contributed by atoms with Gasteiger partial charge in [-0.2, -0.15) is 10.5 Å². The highest BCUT2D eigenvalue weighted by molar-refractivity contribution is 5.63. The molecule has 0 aliphatic carbocycles. The molecule has 0 saturated heterocycles. The normalized spacial score (nSPS) is 8.89. The highest BCUT2D eigenvalue weighted by Gasteiger charge is 2.08. The Morgan fingerprint density at radius 2 is 1.21 bits per heavy atom. The van der Waals surface area contributed by atoms with Crippen molar-refractivity contribution in [2.24, 2.45) is 0 Å². The third-order valence-electron chi connectivity index (χ3n) is 2.61. The Morgan fingerprint density at radius 3 is 1.68 bits per heavy atom. The topological polar surface area (TPSA) is 47.6 Å². The third kappa shape index (κ3) is 3.69. The standard InChI is InChI=1S/C15H10N2.C2H6/c16-10-15(11-17)14-8-6-13(7-9-14)12-4-2-1-3-5-12;1-2/h1-9,15H;1-2H3. The van der Waals surface area contributed by atoms with Gasteiger partial charge in [-0.05, 0) is 16.7 Å². The van der Waals surface area contributed by atoms with Crippen LogP contribution in [0.5, 0.6) is 0 Å². The van der Waals surface area contributed by atoms with Crippen molar-refractivity contribution in [2.75, 3.05) is 0 Å². The molecule has 94 valence electrons. The van der Waals surface area contributed by atoms with Crippen LogP contribution >= 0.6 is 0 Å². The van der Waals surface area contributed by atoms with Crippen LogP contribution in [0.3, 0.4) is 0 Å². The van der Waals surface area contributed by atoms with Gasteiger partial charge in [-0.1, -0.05) is 68.4 Å². The molecule has 0 radical (unpaired) electrons. The van der Waals surface area contributed by atoms with Crippen LogP contribution in [0.15, 0.2) is 54.6 Å². The fraction of sp³-hybridized carbons (Fsp3) is 0.176. The molecule has 0 heterocycles. The molecule has 2 aromatic carbocycles. The predicted octanol–water partition coefficient (Wildman–Crippen LogP) is 4.51.